The fraction of sp³-hybridized carbons (Fsp3) is 0.231. The predicted octanol–water partition coefficient (Wildman–Crippen LogP) is 2.98. The van der Waals surface area contributed by atoms with Gasteiger partial charge >= 0.3 is 0 Å². The van der Waals surface area contributed by atoms with E-state index in [1.165, 1.54) is 9.75 Å². The highest BCUT2D eigenvalue weighted by atomic mass is 32.1. The van der Waals surface area contributed by atoms with Crippen LogP contribution in [0.5, 0.6) is 0 Å². The quantitative estimate of drug-likeness (QED) is 0.573. The number of aryl methyl sites for hydroxylation is 1. The molecule has 0 atom stereocenters. The minimum Gasteiger partial charge on any atom is -0.354 e. The third kappa shape index (κ3) is 2.47. The number of aromatic nitrogens is 2. The number of nitrogen functional groups attached to an aromatic ring is 1. The first-order chi connectivity index (χ1) is 9.67. The van der Waals surface area contributed by atoms with Crippen molar-refractivity contribution in [2.45, 2.75) is 13.5 Å². The maximum Gasteiger partial charge on any atom is 0.240 e. The van der Waals surface area contributed by atoms with Crippen LogP contribution >= 0.6 is 22.7 Å². The van der Waals surface area contributed by atoms with Gasteiger partial charge < -0.3 is 4.90 Å². The average Bonchev–Trinajstić information content (AvgIpc) is 3.05. The highest BCUT2D eigenvalue weighted by Crippen LogP contribution is 2.31. The standard InChI is InChI=1S/C13H15N5S2/c1-8-6-10-11(15-13(17-14)16-12(10)20-8)18(2)7-9-4-3-5-19-9/h3-6H,7,14H2,1-2H3,(H,15,16,17). The zero-order valence-corrected chi connectivity index (χ0v) is 12.9. The molecule has 0 saturated heterocycles. The molecule has 0 aliphatic rings. The summed E-state index contributed by atoms with van der Waals surface area (Å²) in [5, 5.41) is 3.16. The van der Waals surface area contributed by atoms with E-state index in [0.717, 1.165) is 22.6 Å². The van der Waals surface area contributed by atoms with Crippen LogP contribution in [0.25, 0.3) is 10.2 Å². The number of anilines is 2. The van der Waals surface area contributed by atoms with Crippen molar-refractivity contribution in [3.05, 3.63) is 33.3 Å². The molecule has 0 fully saturated rings. The summed E-state index contributed by atoms with van der Waals surface area (Å²) in [6.45, 7) is 2.90. The summed E-state index contributed by atoms with van der Waals surface area (Å²) in [6.07, 6.45) is 0. The molecule has 3 N–H and O–H groups in total. The molecule has 0 bridgehead atoms. The van der Waals surface area contributed by atoms with E-state index in [2.05, 4.69) is 50.8 Å². The number of thiophene rings is 2. The van der Waals surface area contributed by atoms with Crippen molar-refractivity contribution in [3.63, 3.8) is 0 Å². The molecule has 0 aliphatic carbocycles. The van der Waals surface area contributed by atoms with Crippen molar-refractivity contribution in [2.24, 2.45) is 5.84 Å². The summed E-state index contributed by atoms with van der Waals surface area (Å²) in [5.41, 5.74) is 2.54. The molecule has 0 unspecified atom stereocenters. The number of nitrogens with one attached hydrogen (secondary N) is 1. The molecule has 3 aromatic heterocycles. The minimum atomic E-state index is 0.451. The Morgan fingerprint density at radius 1 is 1.40 bits per heavy atom. The first-order valence-corrected chi connectivity index (χ1v) is 7.85. The van der Waals surface area contributed by atoms with E-state index in [1.807, 2.05) is 7.05 Å². The van der Waals surface area contributed by atoms with Gasteiger partial charge in [0, 0.05) is 16.8 Å². The second-order valence-electron chi connectivity index (χ2n) is 4.53. The second-order valence-corrected chi connectivity index (χ2v) is 6.79. The highest BCUT2D eigenvalue weighted by molar-refractivity contribution is 7.18. The van der Waals surface area contributed by atoms with Crippen LogP contribution in [0, 0.1) is 6.92 Å². The van der Waals surface area contributed by atoms with E-state index in [4.69, 9.17) is 5.84 Å². The Morgan fingerprint density at radius 2 is 2.25 bits per heavy atom. The molecule has 20 heavy (non-hydrogen) atoms. The normalized spacial score (nSPS) is 10.9. The van der Waals surface area contributed by atoms with Gasteiger partial charge in [-0.1, -0.05) is 6.07 Å². The monoisotopic (exact) mass is 305 g/mol. The van der Waals surface area contributed by atoms with Crippen molar-refractivity contribution < 1.29 is 0 Å². The number of rotatable bonds is 4. The smallest absolute Gasteiger partial charge is 0.240 e. The van der Waals surface area contributed by atoms with Crippen molar-refractivity contribution >= 4 is 44.7 Å². The van der Waals surface area contributed by atoms with E-state index in [1.54, 1.807) is 22.7 Å². The molecular weight excluding hydrogens is 290 g/mol. The first-order valence-electron chi connectivity index (χ1n) is 6.15. The van der Waals surface area contributed by atoms with Gasteiger partial charge in [0.1, 0.15) is 10.6 Å². The number of hydrogen-bond acceptors (Lipinski definition) is 7. The summed E-state index contributed by atoms with van der Waals surface area (Å²) in [5.74, 6) is 6.82. The van der Waals surface area contributed by atoms with Crippen LogP contribution in [0.15, 0.2) is 23.6 Å². The van der Waals surface area contributed by atoms with Gasteiger partial charge in [0.25, 0.3) is 0 Å². The maximum atomic E-state index is 5.47. The van der Waals surface area contributed by atoms with Crippen molar-refractivity contribution in [1.82, 2.24) is 9.97 Å². The van der Waals surface area contributed by atoms with Crippen LogP contribution < -0.4 is 16.2 Å². The lowest BCUT2D eigenvalue weighted by Crippen LogP contribution is -2.19. The first kappa shape index (κ1) is 13.3. The Labute approximate surface area is 125 Å². The van der Waals surface area contributed by atoms with E-state index in [-0.39, 0.29) is 0 Å². The molecule has 0 aromatic carbocycles. The summed E-state index contributed by atoms with van der Waals surface area (Å²) in [4.78, 5) is 14.5. The lowest BCUT2D eigenvalue weighted by atomic mass is 10.3. The SMILES string of the molecule is Cc1cc2c(N(C)Cc3cccs3)nc(NN)nc2s1. The van der Waals surface area contributed by atoms with Crippen LogP contribution in [-0.2, 0) is 6.54 Å². The Kier molecular flexibility index (Phi) is 3.56. The van der Waals surface area contributed by atoms with Gasteiger partial charge in [-0.05, 0) is 24.4 Å². The Morgan fingerprint density at radius 3 is 2.95 bits per heavy atom. The molecule has 7 heteroatoms. The lowest BCUT2D eigenvalue weighted by molar-refractivity contribution is 0.915. The maximum absolute atomic E-state index is 5.47. The molecule has 0 saturated carbocycles. The largest absolute Gasteiger partial charge is 0.354 e. The van der Waals surface area contributed by atoms with E-state index in [0.29, 0.717) is 5.95 Å². The fourth-order valence-corrected chi connectivity index (χ4v) is 3.72. The van der Waals surface area contributed by atoms with Crippen molar-refractivity contribution in [3.8, 4) is 0 Å². The Hall–Kier alpha value is -1.70. The van der Waals surface area contributed by atoms with Crippen LogP contribution in [0.2, 0.25) is 0 Å². The molecule has 0 radical (unpaired) electrons. The number of nitrogens with two attached hydrogens (primary N) is 1. The molecule has 0 aliphatic heterocycles. The number of fused-ring (bicyclic) bond motifs is 1. The lowest BCUT2D eigenvalue weighted by Gasteiger charge is -2.18. The zero-order valence-electron chi connectivity index (χ0n) is 11.3. The molecule has 5 nitrogen and oxygen atoms in total. The number of hydrogen-bond donors (Lipinski definition) is 2. The third-order valence-corrected chi connectivity index (χ3v) is 4.77. The van der Waals surface area contributed by atoms with Crippen LogP contribution in [-0.4, -0.2) is 17.0 Å². The number of hydrazine groups is 1. The van der Waals surface area contributed by atoms with Gasteiger partial charge in [-0.3, -0.25) is 5.43 Å². The van der Waals surface area contributed by atoms with E-state index < -0.39 is 0 Å². The highest BCUT2D eigenvalue weighted by Gasteiger charge is 2.14. The average molecular weight is 305 g/mol. The summed E-state index contributed by atoms with van der Waals surface area (Å²) < 4.78 is 0. The van der Waals surface area contributed by atoms with E-state index >= 15 is 0 Å². The van der Waals surface area contributed by atoms with Crippen LogP contribution in [0.4, 0.5) is 11.8 Å². The Bertz CT molecular complexity index is 720. The summed E-state index contributed by atoms with van der Waals surface area (Å²) in [6, 6.07) is 6.31. The second kappa shape index (κ2) is 5.35. The predicted molar refractivity (Wildman–Crippen MR) is 86.4 cm³/mol. The summed E-state index contributed by atoms with van der Waals surface area (Å²) >= 11 is 3.39. The van der Waals surface area contributed by atoms with Gasteiger partial charge in [0.2, 0.25) is 5.95 Å². The van der Waals surface area contributed by atoms with Gasteiger partial charge in [0.15, 0.2) is 0 Å². The molecule has 0 spiro atoms. The van der Waals surface area contributed by atoms with Crippen molar-refractivity contribution in [2.75, 3.05) is 17.4 Å². The van der Waals surface area contributed by atoms with Gasteiger partial charge in [-0.15, -0.1) is 22.7 Å². The molecule has 3 rings (SSSR count). The van der Waals surface area contributed by atoms with Crippen molar-refractivity contribution in [1.29, 1.82) is 0 Å². The molecule has 3 heterocycles. The van der Waals surface area contributed by atoms with Crippen LogP contribution in [0.1, 0.15) is 9.75 Å². The third-order valence-electron chi connectivity index (χ3n) is 2.96. The summed E-state index contributed by atoms with van der Waals surface area (Å²) in [7, 11) is 2.04. The minimum absolute atomic E-state index is 0.451. The molecule has 104 valence electrons. The Balaban J connectivity index is 2.04. The van der Waals surface area contributed by atoms with Crippen LogP contribution in [0.3, 0.4) is 0 Å². The topological polar surface area (TPSA) is 67.1 Å². The number of nitrogens with zero attached hydrogens (tertiary/aromatic N) is 3. The van der Waals surface area contributed by atoms with Gasteiger partial charge in [0.05, 0.1) is 11.9 Å². The zero-order chi connectivity index (χ0) is 14.1. The van der Waals surface area contributed by atoms with Gasteiger partial charge in [-0.2, -0.15) is 4.98 Å². The fourth-order valence-electron chi connectivity index (χ4n) is 2.09. The molecule has 3 aromatic rings. The van der Waals surface area contributed by atoms with Gasteiger partial charge in [-0.25, -0.2) is 10.8 Å². The van der Waals surface area contributed by atoms with E-state index in [9.17, 15) is 0 Å². The molecular formula is C13H15N5S2. The molecule has 0 amide bonds.